The molecule has 0 bridgehead atoms. The fourth-order valence-corrected chi connectivity index (χ4v) is 3.91. The fraction of sp³-hybridized carbons (Fsp3) is 0.292. The third kappa shape index (κ3) is 3.87. The van der Waals surface area contributed by atoms with Crippen LogP contribution in [0.2, 0.25) is 0 Å². The molecule has 176 valence electrons. The van der Waals surface area contributed by atoms with Gasteiger partial charge in [0.25, 0.3) is 5.91 Å². The van der Waals surface area contributed by atoms with E-state index in [1.54, 1.807) is 41.8 Å². The van der Waals surface area contributed by atoms with Crippen molar-refractivity contribution in [3.8, 4) is 23.0 Å². The van der Waals surface area contributed by atoms with Gasteiger partial charge in [-0.2, -0.15) is 0 Å². The highest BCUT2D eigenvalue weighted by atomic mass is 16.7. The maximum atomic E-state index is 13.1. The van der Waals surface area contributed by atoms with Crippen molar-refractivity contribution >= 4 is 28.4 Å². The van der Waals surface area contributed by atoms with Crippen molar-refractivity contribution < 1.29 is 28.5 Å². The van der Waals surface area contributed by atoms with Crippen LogP contribution in [0.5, 0.6) is 23.0 Å². The molecular formula is C24H23N3O7. The average Bonchev–Trinajstić information content (AvgIpc) is 3.30. The summed E-state index contributed by atoms with van der Waals surface area (Å²) >= 11 is 0. The number of ether oxygens (including phenoxy) is 4. The summed E-state index contributed by atoms with van der Waals surface area (Å²) in [7, 11) is 0. The Hall–Kier alpha value is -4.21. The minimum absolute atomic E-state index is 0.0628. The maximum Gasteiger partial charge on any atom is 0.257 e. The monoisotopic (exact) mass is 465 g/mol. The van der Waals surface area contributed by atoms with Gasteiger partial charge >= 0.3 is 0 Å². The molecule has 1 unspecified atom stereocenters. The zero-order valence-corrected chi connectivity index (χ0v) is 18.7. The van der Waals surface area contributed by atoms with Crippen LogP contribution in [-0.2, 0) is 11.3 Å². The first-order valence-corrected chi connectivity index (χ1v) is 10.9. The van der Waals surface area contributed by atoms with Crippen molar-refractivity contribution in [1.82, 2.24) is 9.88 Å². The standard InChI is InChI=1S/C24H23N3O7/c1-3-27-11-16(22(28)15-9-20-21(10-17(15)27)34-12-33-20)24(30)25-13(2)23(29)26-14-4-5-18-19(8-14)32-7-6-31-18/h4-5,8-11,13H,3,6-7,12H2,1-2H3,(H,25,30)(H,26,29). The summed E-state index contributed by atoms with van der Waals surface area (Å²) in [6.45, 7) is 4.95. The second-order valence-corrected chi connectivity index (χ2v) is 7.92. The average molecular weight is 465 g/mol. The van der Waals surface area contributed by atoms with Crippen molar-refractivity contribution in [3.05, 3.63) is 52.3 Å². The van der Waals surface area contributed by atoms with Crippen molar-refractivity contribution in [3.63, 3.8) is 0 Å². The normalized spacial score (nSPS) is 14.5. The molecule has 0 spiro atoms. The second-order valence-electron chi connectivity index (χ2n) is 7.92. The lowest BCUT2D eigenvalue weighted by Crippen LogP contribution is -2.43. The molecule has 1 aromatic heterocycles. The van der Waals surface area contributed by atoms with E-state index in [2.05, 4.69) is 10.6 Å². The Bertz CT molecular complexity index is 1360. The molecule has 10 nitrogen and oxygen atoms in total. The predicted molar refractivity (Wildman–Crippen MR) is 123 cm³/mol. The number of fused-ring (bicyclic) bond motifs is 3. The highest BCUT2D eigenvalue weighted by Gasteiger charge is 2.23. The molecule has 3 aromatic rings. The van der Waals surface area contributed by atoms with Crippen LogP contribution >= 0.6 is 0 Å². The Morgan fingerprint density at radius 2 is 1.71 bits per heavy atom. The summed E-state index contributed by atoms with van der Waals surface area (Å²) in [5.41, 5.74) is 0.630. The minimum atomic E-state index is -0.900. The summed E-state index contributed by atoms with van der Waals surface area (Å²) in [6, 6.07) is 7.47. The van der Waals surface area contributed by atoms with Gasteiger partial charge in [-0.1, -0.05) is 0 Å². The quantitative estimate of drug-likeness (QED) is 0.594. The number of nitrogens with zero attached hydrogens (tertiary/aromatic N) is 1. The van der Waals surface area contributed by atoms with E-state index >= 15 is 0 Å². The van der Waals surface area contributed by atoms with Crippen LogP contribution in [0.25, 0.3) is 10.9 Å². The molecule has 0 saturated carbocycles. The number of hydrogen-bond acceptors (Lipinski definition) is 7. The van der Waals surface area contributed by atoms with E-state index in [0.29, 0.717) is 59.3 Å². The van der Waals surface area contributed by atoms with Gasteiger partial charge in [-0.05, 0) is 32.0 Å². The molecule has 34 heavy (non-hydrogen) atoms. The summed E-state index contributed by atoms with van der Waals surface area (Å²) in [5, 5.41) is 5.69. The Kier molecular flexibility index (Phi) is 5.48. The van der Waals surface area contributed by atoms with Gasteiger partial charge in [0.1, 0.15) is 24.8 Å². The third-order valence-electron chi connectivity index (χ3n) is 5.71. The molecule has 0 fully saturated rings. The number of carbonyl (C=O) groups is 2. The maximum absolute atomic E-state index is 13.1. The number of benzene rings is 2. The van der Waals surface area contributed by atoms with Crippen LogP contribution in [0.15, 0.2) is 41.3 Å². The van der Waals surface area contributed by atoms with Crippen LogP contribution in [0.3, 0.4) is 0 Å². The van der Waals surface area contributed by atoms with Crippen LogP contribution in [0, 0.1) is 0 Å². The smallest absolute Gasteiger partial charge is 0.257 e. The molecule has 0 saturated heterocycles. The van der Waals surface area contributed by atoms with E-state index < -0.39 is 23.3 Å². The molecule has 2 aromatic carbocycles. The Morgan fingerprint density at radius 3 is 2.47 bits per heavy atom. The summed E-state index contributed by atoms with van der Waals surface area (Å²) in [5.74, 6) is 1.07. The van der Waals surface area contributed by atoms with Gasteiger partial charge in [-0.15, -0.1) is 0 Å². The topological polar surface area (TPSA) is 117 Å². The van der Waals surface area contributed by atoms with E-state index in [9.17, 15) is 14.4 Å². The molecule has 10 heteroatoms. The molecule has 0 aliphatic carbocycles. The van der Waals surface area contributed by atoms with Crippen LogP contribution in [0.1, 0.15) is 24.2 Å². The number of amides is 2. The lowest BCUT2D eigenvalue weighted by Gasteiger charge is -2.20. The van der Waals surface area contributed by atoms with Crippen molar-refractivity contribution in [1.29, 1.82) is 0 Å². The van der Waals surface area contributed by atoms with E-state index in [0.717, 1.165) is 0 Å². The molecule has 2 amide bonds. The lowest BCUT2D eigenvalue weighted by atomic mass is 10.1. The van der Waals surface area contributed by atoms with E-state index in [4.69, 9.17) is 18.9 Å². The van der Waals surface area contributed by atoms with Gasteiger partial charge < -0.3 is 34.1 Å². The van der Waals surface area contributed by atoms with Gasteiger partial charge in [0.2, 0.25) is 18.1 Å². The van der Waals surface area contributed by atoms with Crippen molar-refractivity contribution in [2.45, 2.75) is 26.4 Å². The first kappa shape index (κ1) is 21.6. The molecule has 3 heterocycles. The number of anilines is 1. The Balaban J connectivity index is 1.35. The molecule has 5 rings (SSSR count). The number of pyridine rings is 1. The summed E-state index contributed by atoms with van der Waals surface area (Å²) in [6.07, 6.45) is 1.49. The number of nitrogens with one attached hydrogen (secondary N) is 2. The molecular weight excluding hydrogens is 442 g/mol. The first-order chi connectivity index (χ1) is 16.4. The van der Waals surface area contributed by atoms with Gasteiger partial charge in [0, 0.05) is 30.6 Å². The van der Waals surface area contributed by atoms with Gasteiger partial charge in [-0.3, -0.25) is 14.4 Å². The van der Waals surface area contributed by atoms with Crippen molar-refractivity contribution in [2.75, 3.05) is 25.3 Å². The largest absolute Gasteiger partial charge is 0.486 e. The van der Waals surface area contributed by atoms with Gasteiger partial charge in [-0.25, -0.2) is 0 Å². The molecule has 2 N–H and O–H groups in total. The predicted octanol–water partition coefficient (Wildman–Crippen LogP) is 2.28. The number of hydrogen-bond donors (Lipinski definition) is 2. The van der Waals surface area contributed by atoms with Crippen LogP contribution in [0.4, 0.5) is 5.69 Å². The lowest BCUT2D eigenvalue weighted by molar-refractivity contribution is -0.117. The van der Waals surface area contributed by atoms with E-state index in [1.807, 2.05) is 6.92 Å². The number of carbonyl (C=O) groups excluding carboxylic acids is 2. The highest BCUT2D eigenvalue weighted by molar-refractivity contribution is 6.02. The number of aryl methyl sites for hydroxylation is 1. The number of rotatable bonds is 5. The van der Waals surface area contributed by atoms with Gasteiger partial charge in [0.05, 0.1) is 10.9 Å². The number of aromatic nitrogens is 1. The molecule has 2 aliphatic heterocycles. The van der Waals surface area contributed by atoms with Crippen LogP contribution in [-0.4, -0.2) is 42.4 Å². The highest BCUT2D eigenvalue weighted by Crippen LogP contribution is 2.35. The van der Waals surface area contributed by atoms with E-state index in [1.165, 1.54) is 6.20 Å². The molecule has 2 aliphatic rings. The molecule has 1 atom stereocenters. The Morgan fingerprint density at radius 1 is 1.00 bits per heavy atom. The fourth-order valence-electron chi connectivity index (χ4n) is 3.91. The zero-order chi connectivity index (χ0) is 23.8. The molecule has 0 radical (unpaired) electrons. The minimum Gasteiger partial charge on any atom is -0.486 e. The van der Waals surface area contributed by atoms with Crippen molar-refractivity contribution in [2.24, 2.45) is 0 Å². The van der Waals surface area contributed by atoms with Crippen LogP contribution < -0.4 is 35.0 Å². The van der Waals surface area contributed by atoms with E-state index in [-0.39, 0.29) is 12.4 Å². The third-order valence-corrected chi connectivity index (χ3v) is 5.71. The Labute approximate surface area is 194 Å². The zero-order valence-electron chi connectivity index (χ0n) is 18.7. The SMILES string of the molecule is CCn1cc(C(=O)NC(C)C(=O)Nc2ccc3c(c2)OCCO3)c(=O)c2cc3c(cc21)OCO3. The first-order valence-electron chi connectivity index (χ1n) is 10.9. The van der Waals surface area contributed by atoms with Gasteiger partial charge in [0.15, 0.2) is 23.0 Å². The summed E-state index contributed by atoms with van der Waals surface area (Å²) in [4.78, 5) is 38.8. The summed E-state index contributed by atoms with van der Waals surface area (Å²) < 4.78 is 23.6. The second kappa shape index (κ2) is 8.62.